The van der Waals surface area contributed by atoms with E-state index >= 15 is 0 Å². The van der Waals surface area contributed by atoms with E-state index in [9.17, 15) is 19.2 Å². The van der Waals surface area contributed by atoms with E-state index in [1.165, 1.54) is 6.92 Å². The van der Waals surface area contributed by atoms with Gasteiger partial charge in [0.05, 0.1) is 18.0 Å². The SMILES string of the molecule is CNC(CCNC(=O)Oc1ccc(C[C@H](N)C(C)=O)cc1)C(=O)C[C@@H](CS)C(N)=O.[Y]. The number of Topliss-reactive ketones (excluding diaryl/α,β-unsaturated/α-hetero) is 2. The van der Waals surface area contributed by atoms with Crippen LogP contribution >= 0.6 is 12.6 Å². The fraction of sp³-hybridized carbons (Fsp3) is 0.500. The van der Waals surface area contributed by atoms with E-state index in [4.69, 9.17) is 16.2 Å². The summed E-state index contributed by atoms with van der Waals surface area (Å²) >= 11 is 4.04. The van der Waals surface area contributed by atoms with Crippen LogP contribution in [0.4, 0.5) is 4.79 Å². The van der Waals surface area contributed by atoms with Crippen molar-refractivity contribution >= 4 is 36.2 Å². The molecule has 3 atom stereocenters. The Morgan fingerprint density at radius 1 is 1.16 bits per heavy atom. The molecule has 1 unspecified atom stereocenters. The van der Waals surface area contributed by atoms with Crippen LogP contribution in [0, 0.1) is 5.92 Å². The van der Waals surface area contributed by atoms with Crippen molar-refractivity contribution in [2.45, 2.75) is 38.3 Å². The molecular formula is C20H30N4O5SY. The monoisotopic (exact) mass is 527 g/mol. The molecule has 0 fully saturated rings. The maximum Gasteiger partial charge on any atom is 0.412 e. The van der Waals surface area contributed by atoms with E-state index in [0.29, 0.717) is 18.6 Å². The molecule has 169 valence electrons. The van der Waals surface area contributed by atoms with Crippen molar-refractivity contribution in [1.29, 1.82) is 0 Å². The van der Waals surface area contributed by atoms with Gasteiger partial charge in [-0.25, -0.2) is 4.79 Å². The Morgan fingerprint density at radius 2 is 1.77 bits per heavy atom. The van der Waals surface area contributed by atoms with Crippen molar-refractivity contribution in [2.24, 2.45) is 17.4 Å². The number of ketones is 2. The van der Waals surface area contributed by atoms with Crippen LogP contribution < -0.4 is 26.8 Å². The largest absolute Gasteiger partial charge is 0.412 e. The number of hydrogen-bond donors (Lipinski definition) is 5. The Bertz CT molecular complexity index is 748. The van der Waals surface area contributed by atoms with Crippen LogP contribution in [0.3, 0.4) is 0 Å². The number of nitrogens with two attached hydrogens (primary N) is 2. The molecule has 1 radical (unpaired) electrons. The van der Waals surface area contributed by atoms with E-state index < -0.39 is 30.0 Å². The third-order valence-electron chi connectivity index (χ3n) is 4.62. The van der Waals surface area contributed by atoms with Crippen molar-refractivity contribution in [3.8, 4) is 5.75 Å². The number of carbonyl (C=O) groups is 4. The topological polar surface area (TPSA) is 154 Å². The van der Waals surface area contributed by atoms with Crippen molar-refractivity contribution < 1.29 is 56.6 Å². The summed E-state index contributed by atoms with van der Waals surface area (Å²) in [5, 5.41) is 5.45. The summed E-state index contributed by atoms with van der Waals surface area (Å²) in [6, 6.07) is 5.60. The van der Waals surface area contributed by atoms with Gasteiger partial charge in [-0.05, 0) is 44.5 Å². The average Bonchev–Trinajstić information content (AvgIpc) is 2.70. The molecule has 0 aromatic heterocycles. The number of hydrogen-bond acceptors (Lipinski definition) is 8. The minimum absolute atomic E-state index is 0. The van der Waals surface area contributed by atoms with Crippen LogP contribution in [0.2, 0.25) is 0 Å². The first-order valence-corrected chi connectivity index (χ1v) is 10.2. The number of primary amides is 1. The fourth-order valence-corrected chi connectivity index (χ4v) is 2.97. The second-order valence-electron chi connectivity index (χ2n) is 6.96. The molecule has 0 saturated carbocycles. The number of rotatable bonds is 13. The minimum atomic E-state index is -0.657. The molecule has 9 nitrogen and oxygen atoms in total. The number of likely N-dealkylation sites (N-methyl/N-ethyl adjacent to an activating group) is 1. The summed E-state index contributed by atoms with van der Waals surface area (Å²) in [7, 11) is 1.63. The summed E-state index contributed by atoms with van der Waals surface area (Å²) in [5.74, 6) is -0.922. The van der Waals surface area contributed by atoms with Gasteiger partial charge in [0.2, 0.25) is 5.91 Å². The summed E-state index contributed by atoms with van der Waals surface area (Å²) in [6.07, 6.45) is 0.0694. The molecule has 0 bridgehead atoms. The zero-order valence-corrected chi connectivity index (χ0v) is 21.5. The summed E-state index contributed by atoms with van der Waals surface area (Å²) in [6.45, 7) is 1.64. The Morgan fingerprint density at radius 3 is 2.26 bits per heavy atom. The molecule has 0 spiro atoms. The zero-order chi connectivity index (χ0) is 22.7. The molecule has 0 saturated heterocycles. The molecule has 0 heterocycles. The van der Waals surface area contributed by atoms with Gasteiger partial charge in [0, 0.05) is 51.4 Å². The zero-order valence-electron chi connectivity index (χ0n) is 17.8. The normalized spacial score (nSPS) is 13.3. The van der Waals surface area contributed by atoms with Gasteiger partial charge in [0.15, 0.2) is 5.78 Å². The summed E-state index contributed by atoms with van der Waals surface area (Å²) in [5.41, 5.74) is 11.8. The molecule has 0 aliphatic carbocycles. The number of amides is 2. The van der Waals surface area contributed by atoms with Gasteiger partial charge >= 0.3 is 6.09 Å². The first-order valence-electron chi connectivity index (χ1n) is 9.58. The van der Waals surface area contributed by atoms with Gasteiger partial charge in [-0.15, -0.1) is 0 Å². The maximum absolute atomic E-state index is 12.3. The quantitative estimate of drug-likeness (QED) is 0.230. The Balaban J connectivity index is 0.00000900. The van der Waals surface area contributed by atoms with Crippen molar-refractivity contribution in [1.82, 2.24) is 10.6 Å². The van der Waals surface area contributed by atoms with E-state index in [0.717, 1.165) is 5.56 Å². The molecule has 2 amide bonds. The van der Waals surface area contributed by atoms with E-state index in [1.54, 1.807) is 31.3 Å². The molecule has 6 N–H and O–H groups in total. The van der Waals surface area contributed by atoms with Gasteiger partial charge in [-0.2, -0.15) is 12.6 Å². The van der Waals surface area contributed by atoms with Crippen LogP contribution in [0.5, 0.6) is 5.75 Å². The Labute approximate surface area is 213 Å². The van der Waals surface area contributed by atoms with Crippen LogP contribution in [-0.4, -0.2) is 55.0 Å². The van der Waals surface area contributed by atoms with Crippen molar-refractivity contribution in [3.05, 3.63) is 29.8 Å². The molecule has 1 rings (SSSR count). The van der Waals surface area contributed by atoms with Gasteiger partial charge in [0.25, 0.3) is 0 Å². The second kappa shape index (κ2) is 15.5. The van der Waals surface area contributed by atoms with Gasteiger partial charge in [-0.3, -0.25) is 14.4 Å². The summed E-state index contributed by atoms with van der Waals surface area (Å²) in [4.78, 5) is 46.7. The second-order valence-corrected chi connectivity index (χ2v) is 7.33. The first kappa shape index (κ1) is 29.7. The standard InChI is InChI=1S/C20H30N4O5S.Y/c1-12(25)16(21)9-13-3-5-15(6-4-13)29-20(28)24-8-7-17(23-2)18(26)10-14(11-30)19(22)27;/h3-6,14,16-17,23,30H,7-11,21H2,1-2H3,(H2,22,27)(H,24,28);/t14-,16-,17?;/m0./s1. The van der Waals surface area contributed by atoms with Crippen molar-refractivity contribution in [2.75, 3.05) is 19.3 Å². The molecule has 1 aromatic carbocycles. The van der Waals surface area contributed by atoms with Crippen LogP contribution in [0.25, 0.3) is 0 Å². The maximum atomic E-state index is 12.3. The minimum Gasteiger partial charge on any atom is -0.410 e. The smallest absolute Gasteiger partial charge is 0.410 e. The molecular weight excluding hydrogens is 497 g/mol. The predicted molar refractivity (Wildman–Crippen MR) is 116 cm³/mol. The molecule has 0 aliphatic rings. The molecule has 1 aromatic rings. The average molecular weight is 527 g/mol. The third-order valence-corrected chi connectivity index (χ3v) is 5.06. The molecule has 0 aliphatic heterocycles. The summed E-state index contributed by atoms with van der Waals surface area (Å²) < 4.78 is 5.19. The van der Waals surface area contributed by atoms with Crippen LogP contribution in [0.15, 0.2) is 24.3 Å². The first-order chi connectivity index (χ1) is 14.2. The number of nitrogens with one attached hydrogen (secondary N) is 2. The van der Waals surface area contributed by atoms with E-state index in [2.05, 4.69) is 23.3 Å². The molecule has 11 heteroatoms. The van der Waals surface area contributed by atoms with Gasteiger partial charge in [0.1, 0.15) is 11.5 Å². The molecule has 31 heavy (non-hydrogen) atoms. The van der Waals surface area contributed by atoms with E-state index in [-0.39, 0.29) is 63.0 Å². The van der Waals surface area contributed by atoms with Gasteiger partial charge < -0.3 is 26.8 Å². The van der Waals surface area contributed by atoms with Crippen LogP contribution in [-0.2, 0) is 53.5 Å². The van der Waals surface area contributed by atoms with E-state index in [1.807, 2.05) is 0 Å². The Hall–Kier alpha value is -1.33. The fourth-order valence-electron chi connectivity index (χ4n) is 2.66. The van der Waals surface area contributed by atoms with Crippen molar-refractivity contribution in [3.63, 3.8) is 0 Å². The number of benzene rings is 1. The van der Waals surface area contributed by atoms with Crippen LogP contribution in [0.1, 0.15) is 25.3 Å². The number of ether oxygens (including phenoxy) is 1. The number of thiol groups is 1. The van der Waals surface area contributed by atoms with Gasteiger partial charge in [-0.1, -0.05) is 12.1 Å². The Kier molecular flexibility index (Phi) is 14.8. The number of carbonyl (C=O) groups excluding carboxylic acids is 4. The third kappa shape index (κ3) is 11.2. The predicted octanol–water partition coefficient (Wildman–Crippen LogP) is 0.200.